The topological polar surface area (TPSA) is 113 Å². The fraction of sp³-hybridized carbons (Fsp3) is 0.0909. The first-order chi connectivity index (χ1) is 15.4. The number of benzene rings is 2. The van der Waals surface area contributed by atoms with Crippen LogP contribution in [0.1, 0.15) is 24.1 Å². The number of aromatic nitrogens is 1. The Hall–Kier alpha value is -3.63. The van der Waals surface area contributed by atoms with Gasteiger partial charge in [-0.1, -0.05) is 24.3 Å². The van der Waals surface area contributed by atoms with Crippen molar-refractivity contribution in [2.45, 2.75) is 17.9 Å². The smallest absolute Gasteiger partial charge is 0.286 e. The Balaban J connectivity index is 1.73. The predicted octanol–water partition coefficient (Wildman–Crippen LogP) is 3.63. The molecule has 2 aromatic heterocycles. The van der Waals surface area contributed by atoms with Crippen molar-refractivity contribution in [3.63, 3.8) is 0 Å². The molecule has 32 heavy (non-hydrogen) atoms. The van der Waals surface area contributed by atoms with Crippen LogP contribution in [0.2, 0.25) is 0 Å². The number of fused-ring (bicyclic) bond motifs is 2. The van der Waals surface area contributed by atoms with Gasteiger partial charge in [0.2, 0.25) is 0 Å². The maximum Gasteiger partial charge on any atom is 0.286 e. The van der Waals surface area contributed by atoms with Gasteiger partial charge in [-0.15, -0.1) is 4.40 Å². The molecule has 4 aromatic rings. The lowest BCUT2D eigenvalue weighted by Gasteiger charge is -2.22. The van der Waals surface area contributed by atoms with Crippen molar-refractivity contribution in [3.8, 4) is 5.75 Å². The van der Waals surface area contributed by atoms with E-state index in [-0.39, 0.29) is 33.8 Å². The lowest BCUT2D eigenvalue weighted by Crippen LogP contribution is -2.37. The number of sulfonamides is 1. The predicted molar refractivity (Wildman–Crippen MR) is 126 cm³/mol. The molecule has 10 heteroatoms. The van der Waals surface area contributed by atoms with Crippen molar-refractivity contribution in [1.82, 2.24) is 4.68 Å². The molecule has 3 N–H and O–H groups in total. The van der Waals surface area contributed by atoms with Crippen LogP contribution in [0.15, 0.2) is 79.4 Å². The molecule has 1 unspecified atom stereocenters. The summed E-state index contributed by atoms with van der Waals surface area (Å²) in [6, 6.07) is 14.9. The van der Waals surface area contributed by atoms with Crippen molar-refractivity contribution in [3.05, 3.63) is 86.8 Å². The molecule has 162 valence electrons. The Morgan fingerprint density at radius 1 is 1.12 bits per heavy atom. The van der Waals surface area contributed by atoms with E-state index in [0.717, 1.165) is 5.56 Å². The number of rotatable bonds is 4. The molecule has 0 amide bonds. The number of aromatic hydroxyl groups is 1. The third-order valence-corrected chi connectivity index (χ3v) is 7.32. The summed E-state index contributed by atoms with van der Waals surface area (Å²) in [4.78, 5) is 13.6. The summed E-state index contributed by atoms with van der Waals surface area (Å²) in [5.41, 5.74) is 4.06. The second-order valence-corrected chi connectivity index (χ2v) is 9.68. The van der Waals surface area contributed by atoms with Gasteiger partial charge in [0.05, 0.1) is 17.2 Å². The molecule has 0 radical (unpaired) electrons. The van der Waals surface area contributed by atoms with E-state index >= 15 is 0 Å². The molecule has 3 heterocycles. The number of hydrogen-bond donors (Lipinski definition) is 3. The number of para-hydroxylation sites is 2. The van der Waals surface area contributed by atoms with Crippen LogP contribution in [0.25, 0.3) is 10.9 Å². The zero-order valence-corrected chi connectivity index (χ0v) is 18.4. The molecule has 1 atom stereocenters. The summed E-state index contributed by atoms with van der Waals surface area (Å²) in [5, 5.41) is 18.2. The van der Waals surface area contributed by atoms with Gasteiger partial charge in [0.15, 0.2) is 5.84 Å². The molecule has 2 aromatic carbocycles. The largest absolute Gasteiger partial charge is 0.506 e. The molecule has 8 nitrogen and oxygen atoms in total. The summed E-state index contributed by atoms with van der Waals surface area (Å²) in [5.74, 6) is -0.566. The Morgan fingerprint density at radius 2 is 1.88 bits per heavy atom. The number of thiophene rings is 1. The molecule has 1 aliphatic rings. The van der Waals surface area contributed by atoms with Crippen LogP contribution in [0.3, 0.4) is 0 Å². The molecule has 1 aliphatic heterocycles. The highest BCUT2D eigenvalue weighted by atomic mass is 32.2. The van der Waals surface area contributed by atoms with E-state index < -0.39 is 15.6 Å². The van der Waals surface area contributed by atoms with E-state index in [1.807, 2.05) is 23.8 Å². The highest BCUT2D eigenvalue weighted by Gasteiger charge is 2.29. The van der Waals surface area contributed by atoms with Gasteiger partial charge < -0.3 is 15.8 Å². The van der Waals surface area contributed by atoms with Gasteiger partial charge in [-0.2, -0.15) is 19.8 Å². The minimum absolute atomic E-state index is 0.00793. The van der Waals surface area contributed by atoms with Crippen LogP contribution in [-0.4, -0.2) is 24.0 Å². The number of amidine groups is 1. The second kappa shape index (κ2) is 7.50. The quantitative estimate of drug-likeness (QED) is 0.423. The van der Waals surface area contributed by atoms with Crippen molar-refractivity contribution in [1.29, 1.82) is 0 Å². The summed E-state index contributed by atoms with van der Waals surface area (Å²) in [7, 11) is -4.05. The second-order valence-electron chi connectivity index (χ2n) is 7.32. The molecule has 0 saturated heterocycles. The third kappa shape index (κ3) is 3.24. The van der Waals surface area contributed by atoms with Gasteiger partial charge in [-0.3, -0.25) is 4.79 Å². The van der Waals surface area contributed by atoms with Gasteiger partial charge in [0.25, 0.3) is 15.6 Å². The number of nitrogens with one attached hydrogen (secondary N) is 2. The van der Waals surface area contributed by atoms with Crippen LogP contribution in [0.4, 0.5) is 5.69 Å². The molecule has 5 rings (SSSR count). The molecule has 0 fully saturated rings. The maximum atomic E-state index is 13.6. The van der Waals surface area contributed by atoms with Crippen LogP contribution in [-0.2, 0) is 10.0 Å². The van der Waals surface area contributed by atoms with Crippen LogP contribution in [0.5, 0.6) is 5.75 Å². The number of hydrogen-bond acceptors (Lipinski definition) is 7. The molecule has 0 aliphatic carbocycles. The first-order valence-corrected chi connectivity index (χ1v) is 12.1. The summed E-state index contributed by atoms with van der Waals surface area (Å²) < 4.78 is 30.6. The maximum absolute atomic E-state index is 13.6. The van der Waals surface area contributed by atoms with E-state index in [4.69, 9.17) is 0 Å². The highest BCUT2D eigenvalue weighted by Crippen LogP contribution is 2.32. The molecule has 0 saturated carbocycles. The minimum atomic E-state index is -4.05. The van der Waals surface area contributed by atoms with Gasteiger partial charge in [0, 0.05) is 5.39 Å². The van der Waals surface area contributed by atoms with E-state index in [1.165, 1.54) is 10.7 Å². The standard InChI is InChI=1S/C22H18N4O4S2/c1-13(14-10-11-31-12-14)24-26-17-8-4-2-6-15(17)20(27)19(22(26)28)21-23-16-7-3-5-9-18(16)32(29,30)25-21/h2-13,24,27H,1H3,(H,23,25). The van der Waals surface area contributed by atoms with E-state index in [0.29, 0.717) is 10.9 Å². The van der Waals surface area contributed by atoms with Gasteiger partial charge in [-0.25, -0.2) is 4.68 Å². The van der Waals surface area contributed by atoms with E-state index in [1.54, 1.807) is 53.8 Å². The van der Waals surface area contributed by atoms with Gasteiger partial charge in [-0.05, 0) is 53.6 Å². The van der Waals surface area contributed by atoms with E-state index in [9.17, 15) is 18.3 Å². The molecule has 0 spiro atoms. The first-order valence-electron chi connectivity index (χ1n) is 9.73. The average Bonchev–Trinajstić information content (AvgIpc) is 3.31. The van der Waals surface area contributed by atoms with Crippen molar-refractivity contribution in [2.24, 2.45) is 4.40 Å². The minimum Gasteiger partial charge on any atom is -0.506 e. The van der Waals surface area contributed by atoms with Crippen LogP contribution < -0.4 is 16.3 Å². The summed E-state index contributed by atoms with van der Waals surface area (Å²) >= 11 is 1.54. The van der Waals surface area contributed by atoms with Gasteiger partial charge >= 0.3 is 0 Å². The Kier molecular flexibility index (Phi) is 4.75. The average molecular weight is 467 g/mol. The number of pyridine rings is 1. The van der Waals surface area contributed by atoms with Crippen molar-refractivity contribution in [2.75, 3.05) is 10.7 Å². The molecular formula is C22H18N4O4S2. The van der Waals surface area contributed by atoms with Crippen molar-refractivity contribution >= 4 is 43.8 Å². The van der Waals surface area contributed by atoms with Crippen molar-refractivity contribution < 1.29 is 13.5 Å². The zero-order chi connectivity index (χ0) is 22.5. The fourth-order valence-electron chi connectivity index (χ4n) is 3.68. The van der Waals surface area contributed by atoms with Crippen LogP contribution in [0, 0.1) is 0 Å². The third-order valence-electron chi connectivity index (χ3n) is 5.29. The molecule has 0 bridgehead atoms. The monoisotopic (exact) mass is 466 g/mol. The van der Waals surface area contributed by atoms with Crippen LogP contribution >= 0.6 is 11.3 Å². The number of anilines is 1. The Morgan fingerprint density at radius 3 is 2.66 bits per heavy atom. The molecular weight excluding hydrogens is 448 g/mol. The Bertz CT molecular complexity index is 1540. The lowest BCUT2D eigenvalue weighted by atomic mass is 10.1. The zero-order valence-electron chi connectivity index (χ0n) is 16.8. The Labute approximate surface area is 187 Å². The highest BCUT2D eigenvalue weighted by molar-refractivity contribution is 7.90. The lowest BCUT2D eigenvalue weighted by molar-refractivity contribution is 0.478. The van der Waals surface area contributed by atoms with E-state index in [2.05, 4.69) is 15.1 Å². The normalized spacial score (nSPS) is 15.5. The van der Waals surface area contributed by atoms with Gasteiger partial charge in [0.1, 0.15) is 16.2 Å². The first kappa shape index (κ1) is 20.3. The SMILES string of the molecule is CC(Nn1c(=O)c(C2=NS(=O)(=O)c3ccccc3N2)c(O)c2ccccc21)c1ccsc1. The fourth-order valence-corrected chi connectivity index (χ4v) is 5.56. The summed E-state index contributed by atoms with van der Waals surface area (Å²) in [6.45, 7) is 1.91. The summed E-state index contributed by atoms with van der Waals surface area (Å²) in [6.07, 6.45) is 0. The number of nitrogens with zero attached hydrogens (tertiary/aromatic N) is 2.